The Labute approximate surface area is 196 Å². The van der Waals surface area contributed by atoms with Crippen molar-refractivity contribution in [1.29, 1.82) is 0 Å². The molecule has 35 heavy (non-hydrogen) atoms. The smallest absolute Gasteiger partial charge is 0.330 e. The van der Waals surface area contributed by atoms with Gasteiger partial charge in [0, 0.05) is 24.6 Å². The Hall–Kier alpha value is -4.59. The summed E-state index contributed by atoms with van der Waals surface area (Å²) in [7, 11) is 0. The Morgan fingerprint density at radius 3 is 2.86 bits per heavy atom. The fourth-order valence-corrected chi connectivity index (χ4v) is 4.65. The van der Waals surface area contributed by atoms with Gasteiger partial charge in [0.2, 0.25) is 5.95 Å². The average molecular weight is 473 g/mol. The van der Waals surface area contributed by atoms with Gasteiger partial charge >= 0.3 is 5.69 Å². The molecule has 0 saturated carbocycles. The van der Waals surface area contributed by atoms with E-state index in [0.29, 0.717) is 40.9 Å². The minimum Gasteiger partial charge on any atom is -0.490 e. The van der Waals surface area contributed by atoms with Gasteiger partial charge in [-0.15, -0.1) is 0 Å². The van der Waals surface area contributed by atoms with Gasteiger partial charge in [-0.2, -0.15) is 4.98 Å². The van der Waals surface area contributed by atoms with Crippen molar-refractivity contribution >= 4 is 27.9 Å². The average Bonchev–Trinajstić information content (AvgIpc) is 3.40. The van der Waals surface area contributed by atoms with Crippen molar-refractivity contribution < 1.29 is 13.5 Å². The third kappa shape index (κ3) is 3.10. The van der Waals surface area contributed by atoms with Crippen LogP contribution in [0, 0.1) is 18.2 Å². The van der Waals surface area contributed by atoms with Gasteiger partial charge in [-0.3, -0.25) is 13.7 Å². The van der Waals surface area contributed by atoms with E-state index in [1.807, 2.05) is 6.92 Å². The first-order valence-electron chi connectivity index (χ1n) is 10.9. The zero-order chi connectivity index (χ0) is 24.3. The quantitative estimate of drug-likeness (QED) is 0.368. The van der Waals surface area contributed by atoms with Gasteiger partial charge in [-0.25, -0.2) is 28.4 Å². The van der Waals surface area contributed by atoms with Crippen molar-refractivity contribution in [3.8, 4) is 11.7 Å². The molecule has 3 aromatic heterocycles. The van der Waals surface area contributed by atoms with Crippen LogP contribution in [0.3, 0.4) is 0 Å². The van der Waals surface area contributed by atoms with Gasteiger partial charge in [0.25, 0.3) is 0 Å². The third-order valence-corrected chi connectivity index (χ3v) is 6.23. The monoisotopic (exact) mass is 473 g/mol. The highest BCUT2D eigenvalue weighted by Gasteiger charge is 2.31. The van der Waals surface area contributed by atoms with Crippen LogP contribution in [0.2, 0.25) is 0 Å². The van der Waals surface area contributed by atoms with E-state index in [1.54, 1.807) is 35.3 Å². The molecule has 11 heteroatoms. The van der Waals surface area contributed by atoms with E-state index in [0.717, 1.165) is 6.07 Å². The zero-order valence-corrected chi connectivity index (χ0v) is 18.4. The van der Waals surface area contributed by atoms with E-state index in [1.165, 1.54) is 15.2 Å². The molecule has 1 unspecified atom stereocenters. The number of rotatable bonds is 3. The molecule has 1 aliphatic heterocycles. The lowest BCUT2D eigenvalue weighted by Gasteiger charge is -2.27. The lowest BCUT2D eigenvalue weighted by atomic mass is 10.00. The van der Waals surface area contributed by atoms with Crippen molar-refractivity contribution in [1.82, 2.24) is 28.7 Å². The first-order chi connectivity index (χ1) is 17.0. The Morgan fingerprint density at radius 1 is 1.20 bits per heavy atom. The molecular weight excluding hydrogens is 456 g/mol. The number of hydrogen-bond acceptors (Lipinski definition) is 5. The van der Waals surface area contributed by atoms with Crippen LogP contribution in [0.1, 0.15) is 24.9 Å². The number of halogens is 2. The van der Waals surface area contributed by atoms with Crippen molar-refractivity contribution in [2.75, 3.05) is 6.61 Å². The predicted octanol–water partition coefficient (Wildman–Crippen LogP) is 4.15. The molecule has 1 aliphatic rings. The Bertz CT molecular complexity index is 1750. The molecule has 0 N–H and O–H groups in total. The molecule has 5 aromatic rings. The molecule has 2 aromatic carbocycles. The number of benzene rings is 2. The lowest BCUT2D eigenvalue weighted by Crippen LogP contribution is -2.31. The highest BCUT2D eigenvalue weighted by Crippen LogP contribution is 2.38. The number of aromatic nitrogens is 6. The first-order valence-corrected chi connectivity index (χ1v) is 10.9. The summed E-state index contributed by atoms with van der Waals surface area (Å²) in [5.74, 6) is -1.37. The molecule has 0 amide bonds. The zero-order valence-electron chi connectivity index (χ0n) is 18.4. The van der Waals surface area contributed by atoms with Crippen LogP contribution in [0.25, 0.3) is 33.0 Å². The van der Waals surface area contributed by atoms with Gasteiger partial charge in [0.05, 0.1) is 36.5 Å². The normalized spacial score (nSPS) is 15.2. The molecule has 0 aliphatic carbocycles. The summed E-state index contributed by atoms with van der Waals surface area (Å²) in [6.07, 6.45) is 3.43. The lowest BCUT2D eigenvalue weighted by molar-refractivity contribution is 0.242. The van der Waals surface area contributed by atoms with Crippen LogP contribution in [-0.2, 0) is 6.54 Å². The maximum Gasteiger partial charge on any atom is 0.330 e. The van der Waals surface area contributed by atoms with Crippen molar-refractivity contribution in [3.63, 3.8) is 0 Å². The predicted molar refractivity (Wildman–Crippen MR) is 123 cm³/mol. The van der Waals surface area contributed by atoms with E-state index >= 15 is 0 Å². The maximum absolute atomic E-state index is 14.5. The number of ether oxygens (including phenoxy) is 1. The number of nitrogens with zero attached hydrogens (tertiary/aromatic N) is 7. The number of fused-ring (bicyclic) bond motifs is 3. The summed E-state index contributed by atoms with van der Waals surface area (Å²) >= 11 is 0. The fraction of sp³-hybridized carbons (Fsp3) is 0.208. The van der Waals surface area contributed by atoms with Crippen molar-refractivity contribution in [3.05, 3.63) is 82.0 Å². The van der Waals surface area contributed by atoms with Crippen LogP contribution >= 0.6 is 0 Å². The third-order valence-electron chi connectivity index (χ3n) is 6.23. The van der Waals surface area contributed by atoms with Crippen LogP contribution in [0.5, 0.6) is 5.75 Å². The molecule has 0 bridgehead atoms. The van der Waals surface area contributed by atoms with Crippen LogP contribution in [-0.4, -0.2) is 35.3 Å². The summed E-state index contributed by atoms with van der Waals surface area (Å²) in [4.78, 5) is 30.4. The Morgan fingerprint density at radius 2 is 2.06 bits per heavy atom. The minimum atomic E-state index is -0.812. The summed E-state index contributed by atoms with van der Waals surface area (Å²) in [5.41, 5.74) is 2.46. The van der Waals surface area contributed by atoms with Crippen molar-refractivity contribution in [2.45, 2.75) is 25.9 Å². The summed E-state index contributed by atoms with van der Waals surface area (Å²) in [5, 5.41) is 0. The van der Waals surface area contributed by atoms with Gasteiger partial charge in [0.1, 0.15) is 17.7 Å². The Balaban J connectivity index is 1.61. The molecule has 0 spiro atoms. The topological polar surface area (TPSA) is 84.1 Å². The molecule has 174 valence electrons. The van der Waals surface area contributed by atoms with Gasteiger partial charge in [0.15, 0.2) is 22.9 Å². The molecule has 4 heterocycles. The molecular formula is C24H17F2N7O2. The van der Waals surface area contributed by atoms with E-state index in [9.17, 15) is 13.6 Å². The highest BCUT2D eigenvalue weighted by molar-refractivity contribution is 5.81. The minimum absolute atomic E-state index is 0.0616. The van der Waals surface area contributed by atoms with Gasteiger partial charge in [-0.05, 0) is 25.1 Å². The molecule has 0 fully saturated rings. The van der Waals surface area contributed by atoms with E-state index in [-0.39, 0.29) is 29.6 Å². The summed E-state index contributed by atoms with van der Waals surface area (Å²) in [6.45, 7) is 9.64. The second kappa shape index (κ2) is 7.73. The molecule has 6 rings (SSSR count). The second-order valence-electron chi connectivity index (χ2n) is 8.13. The Kier molecular flexibility index (Phi) is 4.63. The van der Waals surface area contributed by atoms with Crippen LogP contribution < -0.4 is 10.4 Å². The standard InChI is InChI=1S/C24H17F2N7O2/c1-3-31-20-11-28-23(32-12-29-17-5-4-14(27-2)10-19(17)32)30-22(20)33(24(31)34)18-6-7-35-21-15(18)8-13(25)9-16(21)26/h4-5,8-12,18H,3,6-7H2,1H3. The maximum atomic E-state index is 14.5. The number of hydrogen-bond donors (Lipinski definition) is 0. The molecule has 9 nitrogen and oxygen atoms in total. The first kappa shape index (κ1) is 21.0. The van der Waals surface area contributed by atoms with Crippen molar-refractivity contribution in [2.24, 2.45) is 0 Å². The van der Waals surface area contributed by atoms with E-state index in [2.05, 4.69) is 14.8 Å². The van der Waals surface area contributed by atoms with Crippen LogP contribution in [0.4, 0.5) is 14.5 Å². The van der Waals surface area contributed by atoms with Gasteiger partial charge in [-0.1, -0.05) is 6.07 Å². The van der Waals surface area contributed by atoms with Gasteiger partial charge < -0.3 is 4.74 Å². The van der Waals surface area contributed by atoms with E-state index in [4.69, 9.17) is 16.3 Å². The fourth-order valence-electron chi connectivity index (χ4n) is 4.65. The second-order valence-corrected chi connectivity index (χ2v) is 8.13. The number of imidazole rings is 2. The van der Waals surface area contributed by atoms with Crippen LogP contribution in [0.15, 0.2) is 47.7 Å². The summed E-state index contributed by atoms with van der Waals surface area (Å²) < 4.78 is 38.7. The highest BCUT2D eigenvalue weighted by atomic mass is 19.1. The SMILES string of the molecule is [C-]#[N+]c1ccc2ncn(-c3ncc4c(n3)n(C3CCOc5c(F)cc(F)cc53)c(=O)n4CC)c2c1. The number of aryl methyl sites for hydroxylation is 1. The molecule has 0 radical (unpaired) electrons. The molecule has 0 saturated heterocycles. The summed E-state index contributed by atoms with van der Waals surface area (Å²) in [6, 6.07) is 6.39. The largest absolute Gasteiger partial charge is 0.490 e. The molecule has 1 atom stereocenters. The van der Waals surface area contributed by atoms with E-state index < -0.39 is 17.7 Å².